The average molecular weight is 541 g/mol. The van der Waals surface area contributed by atoms with Crippen LogP contribution in [0.25, 0.3) is 0 Å². The molecule has 0 aromatic heterocycles. The number of rotatable bonds is 12. The van der Waals surface area contributed by atoms with Crippen molar-refractivity contribution in [3.8, 4) is 6.07 Å². The number of carbonyl (C=O) groups is 3. The van der Waals surface area contributed by atoms with E-state index in [0.717, 1.165) is 0 Å². The van der Waals surface area contributed by atoms with Crippen LogP contribution in [-0.2, 0) is 14.4 Å². The minimum absolute atomic E-state index is 0. The molecule has 0 aliphatic carbocycles. The van der Waals surface area contributed by atoms with Crippen LogP contribution in [0.5, 0.6) is 0 Å². The first-order chi connectivity index (χ1) is 19.0. The molecular weight excluding hydrogens is 489 g/mol. The summed E-state index contributed by atoms with van der Waals surface area (Å²) < 4.78 is 52.2. The molecule has 0 aliphatic heterocycles. The van der Waals surface area contributed by atoms with Gasteiger partial charge in [0.1, 0.15) is 18.1 Å². The number of nitrogens with zero attached hydrogens (tertiary/aromatic N) is 2. The van der Waals surface area contributed by atoms with Crippen molar-refractivity contribution in [1.82, 2.24) is 0 Å². The molecule has 0 rings (SSSR count). The molecule has 0 fully saturated rings. The zero-order valence-corrected chi connectivity index (χ0v) is 22.6. The number of aliphatic imine (C=N–C) groups is 1. The number of amidine groups is 1. The van der Waals surface area contributed by atoms with Crippen LogP contribution in [-0.4, -0.2) is 89.8 Å². The van der Waals surface area contributed by atoms with Crippen molar-refractivity contribution in [3.05, 3.63) is 0 Å². The fourth-order valence-electron chi connectivity index (χ4n) is 1.20. The van der Waals surface area contributed by atoms with Gasteiger partial charge in [-0.25, -0.2) is 5.34 Å². The Labute approximate surface area is 246 Å². The fraction of sp³-hybridized carbons (Fsp3) is 0.667. The topological polar surface area (TPSA) is 354 Å². The summed E-state index contributed by atoms with van der Waals surface area (Å²) in [7, 11) is -3.00. The molecule has 0 saturated heterocycles. The molecule has 3 atom stereocenters. The van der Waals surface area contributed by atoms with Crippen molar-refractivity contribution < 1.29 is 64.7 Å². The summed E-state index contributed by atoms with van der Waals surface area (Å²) in [6.45, 7) is -2.26. The molecule has 0 saturated carbocycles. The normalized spacial score (nSPS) is 15.2. The van der Waals surface area contributed by atoms with Crippen molar-refractivity contribution in [2.45, 2.75) is 63.6 Å². The molecule has 0 heterocycles. The van der Waals surface area contributed by atoms with Crippen LogP contribution >= 0.6 is 0 Å². The molecule has 0 spiro atoms. The summed E-state index contributed by atoms with van der Waals surface area (Å²) in [5.74, 6) is -3.57. The third kappa shape index (κ3) is 48.9. The van der Waals surface area contributed by atoms with Gasteiger partial charge in [0.2, 0.25) is 0 Å². The number of nitrogens with one attached hydrogen (secondary N) is 1. The van der Waals surface area contributed by atoms with E-state index in [1.807, 2.05) is 6.07 Å². The van der Waals surface area contributed by atoms with E-state index in [-0.39, 0.29) is 79.9 Å². The monoisotopic (exact) mass is 541 g/mol. The SMILES string of the molecule is CC(=N)N.N#[13C]CC[C@H](N)C(=O)O.[2H][13C]([2H])(CC[C@H](N)C(=O)O)N=C(N)N.[2H][13C]([2H])(N)CC[C@H](N)C(=O)O.[2H][B-]([2H])([2H])[2H].[Na+]. The summed E-state index contributed by atoms with van der Waals surface area (Å²) in [5.41, 5.74) is 35.0. The van der Waals surface area contributed by atoms with E-state index < -0.39 is 57.3 Å². The van der Waals surface area contributed by atoms with E-state index >= 15 is 0 Å². The van der Waals surface area contributed by atoms with Crippen molar-refractivity contribution in [3.63, 3.8) is 0 Å². The van der Waals surface area contributed by atoms with Gasteiger partial charge in [0.25, 0.3) is 0 Å². The van der Waals surface area contributed by atoms with Crippen LogP contribution in [0.2, 0.25) is 0 Å². The summed E-state index contributed by atoms with van der Waals surface area (Å²) in [6, 6.07) is -1.19. The Kier molecular flexibility index (Phi) is 25.4. The van der Waals surface area contributed by atoms with E-state index in [1.165, 1.54) is 6.92 Å². The number of guanidine groups is 1. The Morgan fingerprint density at radius 3 is 1.61 bits per heavy atom. The molecule has 0 unspecified atom stereocenters. The number of nitrogens with two attached hydrogens (primary N) is 7. The Morgan fingerprint density at radius 2 is 1.33 bits per heavy atom. The Bertz CT molecular complexity index is 897. The van der Waals surface area contributed by atoms with Crippen LogP contribution in [0.15, 0.2) is 4.99 Å². The van der Waals surface area contributed by atoms with Crippen LogP contribution in [0.3, 0.4) is 0 Å². The van der Waals surface area contributed by atoms with Crippen molar-refractivity contribution >= 4 is 38.0 Å². The van der Waals surface area contributed by atoms with Crippen molar-refractivity contribution in [1.29, 1.82) is 16.0 Å². The van der Waals surface area contributed by atoms with Gasteiger partial charge in [-0.2, -0.15) is 5.26 Å². The molecule has 0 radical (unpaired) electrons. The van der Waals surface area contributed by atoms with E-state index in [4.69, 9.17) is 77.0 Å². The predicted molar refractivity (Wildman–Crippen MR) is 139 cm³/mol. The number of hydrogen-bond acceptors (Lipinski definition) is 10. The molecule has 0 aromatic rings. The van der Waals surface area contributed by atoms with Crippen LogP contribution < -0.4 is 69.7 Å². The Balaban J connectivity index is -0.000000109. The standard InChI is InChI=1S/C6H14N4O2.C5H12N2O2.C5H8N2O2.C2H6N2.BH4.Na/c7-4(5(11)12)2-1-3-10-6(8)9;2*6-3-1-2-4(7)5(8)9;1-2(3)4;;/h4H,1-3,7H2,(H,11,12)(H4,8,9,10);4H,1-3,6-7H2,(H,8,9);4H,1-2,7H2,(H,8,9);1H3,(H3,3,4);1H4;/q;;;;-1;+1/t3*4-;;;/m000.../s1/i2*3+1D2;3+1;;1D4;. The first kappa shape index (κ1) is 28.1. The fourth-order valence-corrected chi connectivity index (χ4v) is 1.20. The van der Waals surface area contributed by atoms with Gasteiger partial charge in [-0.05, 0) is 45.5 Å². The second-order valence-corrected chi connectivity index (χ2v) is 6.19. The van der Waals surface area contributed by atoms with Gasteiger partial charge in [0.15, 0.2) is 5.96 Å². The smallest absolute Gasteiger partial charge is 0.480 e. The van der Waals surface area contributed by atoms with Crippen LogP contribution in [0, 0.1) is 16.7 Å². The molecule has 0 aromatic carbocycles. The van der Waals surface area contributed by atoms with Gasteiger partial charge >= 0.3 is 47.5 Å². The molecule has 18 N–H and O–H groups in total. The third-order valence-electron chi connectivity index (χ3n) is 2.89. The molecule has 18 heteroatoms. The average Bonchev–Trinajstić information content (AvgIpc) is 2.77. The third-order valence-corrected chi connectivity index (χ3v) is 2.89. The van der Waals surface area contributed by atoms with Gasteiger partial charge in [-0.3, -0.25) is 24.8 Å². The number of hydrogen-bond donors (Lipinski definition) is 11. The van der Waals surface area contributed by atoms with E-state index in [9.17, 15) is 14.4 Å². The minimum atomic E-state index is -3.00. The molecule has 16 nitrogen and oxygen atoms in total. The minimum Gasteiger partial charge on any atom is -0.480 e. The Morgan fingerprint density at radius 1 is 1.00 bits per heavy atom. The summed E-state index contributed by atoms with van der Waals surface area (Å²) >= 11 is 0. The predicted octanol–water partition coefficient (Wildman–Crippen LogP) is -7.21. The zero-order valence-electron chi connectivity index (χ0n) is 28.6. The summed E-state index contributed by atoms with van der Waals surface area (Å²) in [4.78, 5) is 33.7. The second kappa shape index (κ2) is 32.5. The first-order valence-electron chi connectivity index (χ1n) is 13.8. The largest absolute Gasteiger partial charge is 1.00 e. The van der Waals surface area contributed by atoms with E-state index in [2.05, 4.69) is 4.99 Å². The van der Waals surface area contributed by atoms with Crippen molar-refractivity contribution in [2.75, 3.05) is 13.0 Å². The van der Waals surface area contributed by atoms with E-state index in [1.54, 1.807) is 0 Å². The zero-order chi connectivity index (χ0) is 35.8. The van der Waals surface area contributed by atoms with Crippen molar-refractivity contribution in [2.24, 2.45) is 45.1 Å². The van der Waals surface area contributed by atoms with Gasteiger partial charge in [-0.1, -0.05) is 8.27 Å². The maximum Gasteiger partial charge on any atom is 1.00 e. The molecule has 0 bridgehead atoms. The van der Waals surface area contributed by atoms with Gasteiger partial charge in [-0.15, -0.1) is 0 Å². The number of carboxylic acids is 3. The van der Waals surface area contributed by atoms with Gasteiger partial charge in [0, 0.05) is 15.7 Å². The Hall–Kier alpha value is -2.46. The quantitative estimate of drug-likeness (QED) is 0.0473. The summed E-state index contributed by atoms with van der Waals surface area (Å²) in [5, 5.41) is 39.2. The molecule has 0 amide bonds. The molecule has 0 aliphatic rings. The number of carboxylic acid groups (broad SMARTS) is 3. The van der Waals surface area contributed by atoms with Gasteiger partial charge < -0.3 is 55.5 Å². The molecule has 36 heavy (non-hydrogen) atoms. The molecule has 206 valence electrons. The maximum atomic E-state index is 10.3. The summed E-state index contributed by atoms with van der Waals surface area (Å²) in [6.07, 6.45) is 0.274. The first-order valence-corrected chi connectivity index (χ1v) is 9.51. The molecular formula is C18H44BN10NaO6. The second-order valence-electron chi connectivity index (χ2n) is 6.19. The number of nitriles is 1. The van der Waals surface area contributed by atoms with Crippen LogP contribution in [0.4, 0.5) is 0 Å². The van der Waals surface area contributed by atoms with E-state index in [0.29, 0.717) is 0 Å². The van der Waals surface area contributed by atoms with Crippen LogP contribution in [0.1, 0.15) is 50.9 Å². The maximum absolute atomic E-state index is 10.3. The van der Waals surface area contributed by atoms with Gasteiger partial charge in [0.05, 0.1) is 14.6 Å². The number of aliphatic carboxylic acids is 3.